The molecule has 5 heteroatoms. The predicted molar refractivity (Wildman–Crippen MR) is 99.5 cm³/mol. The van der Waals surface area contributed by atoms with Gasteiger partial charge in [0.1, 0.15) is 5.75 Å². The summed E-state index contributed by atoms with van der Waals surface area (Å²) < 4.78 is 10.9. The first-order chi connectivity index (χ1) is 12.5. The molecule has 0 saturated carbocycles. The number of esters is 1. The maximum Gasteiger partial charge on any atom is 0.338 e. The van der Waals surface area contributed by atoms with Crippen molar-refractivity contribution in [3.63, 3.8) is 0 Å². The maximum absolute atomic E-state index is 12.7. The Kier molecular flexibility index (Phi) is 5.26. The third-order valence-corrected chi connectivity index (χ3v) is 4.26. The van der Waals surface area contributed by atoms with E-state index >= 15 is 0 Å². The van der Waals surface area contributed by atoms with Crippen molar-refractivity contribution < 1.29 is 19.1 Å². The molecule has 0 N–H and O–H groups in total. The second kappa shape index (κ2) is 7.60. The van der Waals surface area contributed by atoms with Crippen molar-refractivity contribution in [2.75, 3.05) is 11.5 Å². The van der Waals surface area contributed by atoms with E-state index in [1.807, 2.05) is 44.2 Å². The topological polar surface area (TPSA) is 55.8 Å². The van der Waals surface area contributed by atoms with E-state index in [4.69, 9.17) is 9.47 Å². The highest BCUT2D eigenvalue weighted by molar-refractivity contribution is 6.00. The molecule has 5 nitrogen and oxygen atoms in total. The summed E-state index contributed by atoms with van der Waals surface area (Å²) >= 11 is 0. The Bertz CT molecular complexity index is 831. The number of ether oxygens (including phenoxy) is 2. The molecule has 1 unspecified atom stereocenters. The van der Waals surface area contributed by atoms with Gasteiger partial charge in [-0.05, 0) is 55.7 Å². The fraction of sp³-hybridized carbons (Fsp3) is 0.333. The van der Waals surface area contributed by atoms with Gasteiger partial charge in [0.2, 0.25) is 0 Å². The minimum absolute atomic E-state index is 0.0953. The van der Waals surface area contributed by atoms with Crippen molar-refractivity contribution in [1.29, 1.82) is 0 Å². The van der Waals surface area contributed by atoms with Crippen LogP contribution < -0.4 is 9.64 Å². The average molecular weight is 353 g/mol. The van der Waals surface area contributed by atoms with Gasteiger partial charge in [-0.2, -0.15) is 0 Å². The van der Waals surface area contributed by atoms with Crippen LogP contribution in [-0.4, -0.2) is 24.6 Å². The molecule has 0 saturated heterocycles. The number of carbonyl (C=O) groups is 2. The first kappa shape index (κ1) is 18.0. The standard InChI is InChI=1S/C21H23NO4/c1-4-10-25-21(24)17-7-5-6-16(12-17)13-22-18-11-14(2)8-9-19(18)26-15(3)20(22)23/h5-9,11-12,15H,4,10,13H2,1-3H3. The number of benzene rings is 2. The zero-order valence-corrected chi connectivity index (χ0v) is 15.3. The van der Waals surface area contributed by atoms with E-state index in [2.05, 4.69) is 0 Å². The highest BCUT2D eigenvalue weighted by atomic mass is 16.5. The summed E-state index contributed by atoms with van der Waals surface area (Å²) in [5.74, 6) is 0.259. The summed E-state index contributed by atoms with van der Waals surface area (Å²) in [7, 11) is 0. The van der Waals surface area contributed by atoms with E-state index in [1.165, 1.54) is 0 Å². The second-order valence-corrected chi connectivity index (χ2v) is 6.49. The fourth-order valence-electron chi connectivity index (χ4n) is 2.94. The van der Waals surface area contributed by atoms with E-state index in [1.54, 1.807) is 24.0 Å². The lowest BCUT2D eigenvalue weighted by molar-refractivity contribution is -0.125. The number of carbonyl (C=O) groups excluding carboxylic acids is 2. The quantitative estimate of drug-likeness (QED) is 0.766. The molecule has 0 fully saturated rings. The van der Waals surface area contributed by atoms with Crippen LogP contribution >= 0.6 is 0 Å². The minimum Gasteiger partial charge on any atom is -0.479 e. The van der Waals surface area contributed by atoms with Crippen molar-refractivity contribution in [3.05, 3.63) is 59.2 Å². The second-order valence-electron chi connectivity index (χ2n) is 6.49. The van der Waals surface area contributed by atoms with Crippen molar-refractivity contribution in [3.8, 4) is 5.75 Å². The summed E-state index contributed by atoms with van der Waals surface area (Å²) in [6.07, 6.45) is 0.241. The number of fused-ring (bicyclic) bond motifs is 1. The predicted octanol–water partition coefficient (Wildman–Crippen LogP) is 3.88. The van der Waals surface area contributed by atoms with Gasteiger partial charge in [0.25, 0.3) is 5.91 Å². The van der Waals surface area contributed by atoms with Crippen LogP contribution in [0.2, 0.25) is 0 Å². The van der Waals surface area contributed by atoms with Gasteiger partial charge in [0.15, 0.2) is 6.10 Å². The lowest BCUT2D eigenvalue weighted by atomic mass is 10.1. The van der Waals surface area contributed by atoms with E-state index in [9.17, 15) is 9.59 Å². The Morgan fingerprint density at radius 3 is 2.81 bits per heavy atom. The Balaban J connectivity index is 1.88. The van der Waals surface area contributed by atoms with Gasteiger partial charge in [-0.1, -0.05) is 25.1 Å². The van der Waals surface area contributed by atoms with Crippen LogP contribution in [0.4, 0.5) is 5.69 Å². The van der Waals surface area contributed by atoms with Crippen LogP contribution in [0, 0.1) is 6.92 Å². The average Bonchev–Trinajstić information content (AvgIpc) is 2.64. The van der Waals surface area contributed by atoms with Crippen LogP contribution in [0.1, 0.15) is 41.8 Å². The molecule has 0 aliphatic carbocycles. The van der Waals surface area contributed by atoms with E-state index < -0.39 is 6.10 Å². The number of hydrogen-bond acceptors (Lipinski definition) is 4. The smallest absolute Gasteiger partial charge is 0.338 e. The molecule has 0 spiro atoms. The SMILES string of the molecule is CCCOC(=O)c1cccc(CN2C(=O)C(C)Oc3ccc(C)cc32)c1. The van der Waals surface area contributed by atoms with E-state index in [0.717, 1.165) is 23.2 Å². The molecule has 2 aromatic carbocycles. The van der Waals surface area contributed by atoms with Gasteiger partial charge in [0.05, 0.1) is 24.4 Å². The molecular weight excluding hydrogens is 330 g/mol. The van der Waals surface area contributed by atoms with Gasteiger partial charge in [-0.3, -0.25) is 4.79 Å². The van der Waals surface area contributed by atoms with Gasteiger partial charge in [-0.15, -0.1) is 0 Å². The molecule has 1 atom stereocenters. The van der Waals surface area contributed by atoms with Gasteiger partial charge in [0, 0.05) is 0 Å². The fourth-order valence-corrected chi connectivity index (χ4v) is 2.94. The van der Waals surface area contributed by atoms with Crippen LogP contribution in [-0.2, 0) is 16.1 Å². The molecule has 3 rings (SSSR count). The van der Waals surface area contributed by atoms with E-state index in [0.29, 0.717) is 24.5 Å². The Morgan fingerprint density at radius 1 is 1.23 bits per heavy atom. The molecule has 1 amide bonds. The minimum atomic E-state index is -0.539. The zero-order chi connectivity index (χ0) is 18.7. The largest absolute Gasteiger partial charge is 0.479 e. The Hall–Kier alpha value is -2.82. The highest BCUT2D eigenvalue weighted by Gasteiger charge is 2.31. The van der Waals surface area contributed by atoms with Crippen LogP contribution in [0.15, 0.2) is 42.5 Å². The summed E-state index contributed by atoms with van der Waals surface area (Å²) in [5, 5.41) is 0. The molecule has 2 aromatic rings. The van der Waals surface area contributed by atoms with Crippen molar-refractivity contribution >= 4 is 17.6 Å². The first-order valence-corrected chi connectivity index (χ1v) is 8.84. The van der Waals surface area contributed by atoms with Gasteiger partial charge < -0.3 is 14.4 Å². The zero-order valence-electron chi connectivity index (χ0n) is 15.3. The monoisotopic (exact) mass is 353 g/mol. The number of anilines is 1. The summed E-state index contributed by atoms with van der Waals surface area (Å²) in [6.45, 7) is 6.45. The number of amides is 1. The molecular formula is C21H23NO4. The number of hydrogen-bond donors (Lipinski definition) is 0. The third-order valence-electron chi connectivity index (χ3n) is 4.26. The summed E-state index contributed by atoms with van der Waals surface area (Å²) in [4.78, 5) is 26.5. The Morgan fingerprint density at radius 2 is 2.04 bits per heavy atom. The molecule has 1 heterocycles. The number of nitrogens with zero attached hydrogens (tertiary/aromatic N) is 1. The molecule has 26 heavy (non-hydrogen) atoms. The maximum atomic E-state index is 12.7. The first-order valence-electron chi connectivity index (χ1n) is 8.84. The van der Waals surface area contributed by atoms with E-state index in [-0.39, 0.29) is 11.9 Å². The normalized spacial score (nSPS) is 16.0. The van der Waals surface area contributed by atoms with Crippen molar-refractivity contribution in [1.82, 2.24) is 0 Å². The molecule has 0 aromatic heterocycles. The molecule has 0 bridgehead atoms. The molecule has 136 valence electrons. The lowest BCUT2D eigenvalue weighted by Crippen LogP contribution is -2.44. The molecule has 1 aliphatic rings. The van der Waals surface area contributed by atoms with Crippen LogP contribution in [0.3, 0.4) is 0 Å². The van der Waals surface area contributed by atoms with Crippen molar-refractivity contribution in [2.45, 2.75) is 39.8 Å². The lowest BCUT2D eigenvalue weighted by Gasteiger charge is -2.33. The summed E-state index contributed by atoms with van der Waals surface area (Å²) in [5.41, 5.74) is 3.17. The number of aryl methyl sites for hydroxylation is 1. The molecule has 0 radical (unpaired) electrons. The third kappa shape index (κ3) is 3.72. The van der Waals surface area contributed by atoms with Crippen molar-refractivity contribution in [2.24, 2.45) is 0 Å². The van der Waals surface area contributed by atoms with Crippen LogP contribution in [0.25, 0.3) is 0 Å². The Labute approximate surface area is 153 Å². The highest BCUT2D eigenvalue weighted by Crippen LogP contribution is 2.35. The number of rotatable bonds is 5. The van der Waals surface area contributed by atoms with Gasteiger partial charge in [-0.25, -0.2) is 4.79 Å². The summed E-state index contributed by atoms with van der Waals surface area (Å²) in [6, 6.07) is 13.0. The van der Waals surface area contributed by atoms with Crippen LogP contribution in [0.5, 0.6) is 5.75 Å². The molecule has 1 aliphatic heterocycles. The van der Waals surface area contributed by atoms with Gasteiger partial charge >= 0.3 is 5.97 Å².